The topological polar surface area (TPSA) is 59.1 Å². The number of nitrogens with one attached hydrogen (secondary N) is 1. The summed E-state index contributed by atoms with van der Waals surface area (Å²) in [5, 5.41) is 7.13. The first-order valence-corrected chi connectivity index (χ1v) is 6.22. The predicted molar refractivity (Wildman–Crippen MR) is 71.6 cm³/mol. The van der Waals surface area contributed by atoms with Crippen molar-refractivity contribution in [3.05, 3.63) is 35.4 Å². The number of hydrogen-bond donors (Lipinski definition) is 2. The zero-order valence-electron chi connectivity index (χ0n) is 10.7. The Kier molecular flexibility index (Phi) is 5.32. The Labute approximate surface area is 103 Å². The molecule has 3 N–H and O–H groups in total. The van der Waals surface area contributed by atoms with Gasteiger partial charge in [0.25, 0.3) is 0 Å². The monoisotopic (exact) mass is 234 g/mol. The predicted octanol–water partition coefficient (Wildman–Crippen LogP) is 2.67. The Bertz CT molecular complexity index is 340. The van der Waals surface area contributed by atoms with Crippen molar-refractivity contribution in [3.8, 4) is 0 Å². The Morgan fingerprint density at radius 2 is 1.71 bits per heavy atom. The summed E-state index contributed by atoms with van der Waals surface area (Å²) in [5.41, 5.74) is 8.16. The van der Waals surface area contributed by atoms with Crippen LogP contribution in [0.2, 0.25) is 0 Å². The quantitative estimate of drug-likeness (QED) is 0.773. The lowest BCUT2D eigenvalue weighted by atomic mass is 9.83. The van der Waals surface area contributed by atoms with Crippen molar-refractivity contribution in [3.63, 3.8) is 0 Å². The lowest BCUT2D eigenvalue weighted by Crippen LogP contribution is -2.42. The van der Waals surface area contributed by atoms with E-state index in [9.17, 15) is 0 Å². The maximum atomic E-state index is 7.13. The molecule has 0 radical (unpaired) electrons. The van der Waals surface area contributed by atoms with Crippen LogP contribution < -0.4 is 5.73 Å². The van der Waals surface area contributed by atoms with Crippen LogP contribution in [-0.2, 0) is 10.3 Å². The highest BCUT2D eigenvalue weighted by atomic mass is 16.5. The molecule has 0 atom stereocenters. The molecule has 1 aromatic carbocycles. The first kappa shape index (κ1) is 13.9. The molecule has 1 fully saturated rings. The molecule has 0 amide bonds. The Balaban J connectivity index is 0.000000686. The van der Waals surface area contributed by atoms with Gasteiger partial charge in [-0.25, -0.2) is 0 Å². The van der Waals surface area contributed by atoms with Crippen molar-refractivity contribution in [2.75, 3.05) is 13.2 Å². The first-order valence-electron chi connectivity index (χ1n) is 6.22. The summed E-state index contributed by atoms with van der Waals surface area (Å²) in [6.45, 7) is 5.48. The normalized spacial score (nSPS) is 17.8. The summed E-state index contributed by atoms with van der Waals surface area (Å²) in [5.74, 6) is 0. The number of rotatable bonds is 2. The number of nitrogens with two attached hydrogens (primary N) is 1. The van der Waals surface area contributed by atoms with Gasteiger partial charge in [0, 0.05) is 25.0 Å². The summed E-state index contributed by atoms with van der Waals surface area (Å²) in [6, 6.07) is 7.91. The third kappa shape index (κ3) is 3.38. The van der Waals surface area contributed by atoms with E-state index < -0.39 is 0 Å². The van der Waals surface area contributed by atoms with Gasteiger partial charge in [-0.2, -0.15) is 0 Å². The highest BCUT2D eigenvalue weighted by Crippen LogP contribution is 2.29. The molecule has 1 aliphatic rings. The van der Waals surface area contributed by atoms with Gasteiger partial charge in [0.05, 0.1) is 0 Å². The molecular formula is C14H22N2O. The van der Waals surface area contributed by atoms with Gasteiger partial charge in [0.2, 0.25) is 0 Å². The van der Waals surface area contributed by atoms with Crippen molar-refractivity contribution in [1.29, 1.82) is 5.41 Å². The van der Waals surface area contributed by atoms with E-state index in [-0.39, 0.29) is 5.54 Å². The highest BCUT2D eigenvalue weighted by molar-refractivity contribution is 5.76. The number of hydrogen-bond acceptors (Lipinski definition) is 3. The van der Waals surface area contributed by atoms with Crippen LogP contribution in [0.4, 0.5) is 0 Å². The van der Waals surface area contributed by atoms with E-state index in [0.29, 0.717) is 0 Å². The van der Waals surface area contributed by atoms with Crippen LogP contribution in [0.1, 0.15) is 37.8 Å². The molecule has 1 heterocycles. The number of ether oxygens (including phenoxy) is 1. The smallest absolute Gasteiger partial charge is 0.0486 e. The fourth-order valence-corrected chi connectivity index (χ4v) is 1.94. The maximum Gasteiger partial charge on any atom is 0.0486 e. The van der Waals surface area contributed by atoms with Gasteiger partial charge in [-0.05, 0) is 24.0 Å². The van der Waals surface area contributed by atoms with E-state index in [0.717, 1.165) is 37.2 Å². The molecule has 94 valence electrons. The van der Waals surface area contributed by atoms with Crippen LogP contribution in [0.15, 0.2) is 24.3 Å². The average molecular weight is 234 g/mol. The van der Waals surface area contributed by atoms with Gasteiger partial charge >= 0.3 is 0 Å². The van der Waals surface area contributed by atoms with Gasteiger partial charge in [-0.1, -0.05) is 38.1 Å². The van der Waals surface area contributed by atoms with Crippen molar-refractivity contribution in [2.24, 2.45) is 5.73 Å². The van der Waals surface area contributed by atoms with Gasteiger partial charge in [0.15, 0.2) is 0 Å². The zero-order chi connectivity index (χ0) is 12.7. The largest absolute Gasteiger partial charge is 0.381 e. The molecule has 0 bridgehead atoms. The highest BCUT2D eigenvalue weighted by Gasteiger charge is 2.29. The molecule has 17 heavy (non-hydrogen) atoms. The maximum absolute atomic E-state index is 7.13. The molecule has 0 unspecified atom stereocenters. The summed E-state index contributed by atoms with van der Waals surface area (Å²) in [7, 11) is 0. The molecule has 1 aliphatic heterocycles. The van der Waals surface area contributed by atoms with E-state index in [1.807, 2.05) is 38.1 Å². The van der Waals surface area contributed by atoms with Crippen molar-refractivity contribution >= 4 is 6.21 Å². The molecule has 0 spiro atoms. The van der Waals surface area contributed by atoms with Crippen LogP contribution in [0.25, 0.3) is 0 Å². The minimum Gasteiger partial charge on any atom is -0.381 e. The van der Waals surface area contributed by atoms with Gasteiger partial charge in [0.1, 0.15) is 0 Å². The minimum absolute atomic E-state index is 0.237. The second kappa shape index (κ2) is 6.52. The van der Waals surface area contributed by atoms with E-state index in [4.69, 9.17) is 15.9 Å². The Morgan fingerprint density at radius 3 is 2.18 bits per heavy atom. The molecular weight excluding hydrogens is 212 g/mol. The third-order valence-electron chi connectivity index (χ3n) is 3.04. The van der Waals surface area contributed by atoms with Gasteiger partial charge in [-0.3, -0.25) is 0 Å². The van der Waals surface area contributed by atoms with Crippen LogP contribution >= 0.6 is 0 Å². The fourth-order valence-electron chi connectivity index (χ4n) is 1.94. The van der Waals surface area contributed by atoms with Crippen molar-refractivity contribution in [1.82, 2.24) is 0 Å². The minimum atomic E-state index is -0.237. The second-order valence-corrected chi connectivity index (χ2v) is 4.03. The lowest BCUT2D eigenvalue weighted by molar-refractivity contribution is 0.0522. The summed E-state index contributed by atoms with van der Waals surface area (Å²) in [6.07, 6.45) is 3.09. The molecule has 0 aromatic heterocycles. The Morgan fingerprint density at radius 1 is 1.18 bits per heavy atom. The summed E-state index contributed by atoms with van der Waals surface area (Å²) in [4.78, 5) is 0. The van der Waals surface area contributed by atoms with Crippen LogP contribution in [0.5, 0.6) is 0 Å². The van der Waals surface area contributed by atoms with Crippen LogP contribution in [0, 0.1) is 5.41 Å². The van der Waals surface area contributed by atoms with Crippen LogP contribution in [0.3, 0.4) is 0 Å². The van der Waals surface area contributed by atoms with Crippen molar-refractivity contribution < 1.29 is 4.74 Å². The van der Waals surface area contributed by atoms with E-state index in [1.54, 1.807) is 0 Å². The molecule has 0 aliphatic carbocycles. The SMILES string of the molecule is CC.N=Cc1ccc(C2(N)CCOCC2)cc1. The Hall–Kier alpha value is -1.19. The average Bonchev–Trinajstić information content (AvgIpc) is 2.42. The van der Waals surface area contributed by atoms with Crippen molar-refractivity contribution in [2.45, 2.75) is 32.2 Å². The molecule has 3 heteroatoms. The molecule has 0 saturated carbocycles. The van der Waals surface area contributed by atoms with E-state index in [1.165, 1.54) is 6.21 Å². The second-order valence-electron chi connectivity index (χ2n) is 4.03. The zero-order valence-corrected chi connectivity index (χ0v) is 10.7. The van der Waals surface area contributed by atoms with E-state index in [2.05, 4.69) is 0 Å². The standard InChI is InChI=1S/C12H16N2O.C2H6/c13-9-10-1-3-11(4-2-10)12(14)5-7-15-8-6-12;1-2/h1-4,9,13H,5-8,14H2;1-2H3. The number of benzene rings is 1. The molecule has 1 aromatic rings. The third-order valence-corrected chi connectivity index (χ3v) is 3.04. The fraction of sp³-hybridized carbons (Fsp3) is 0.500. The summed E-state index contributed by atoms with van der Waals surface area (Å²) < 4.78 is 5.32. The van der Waals surface area contributed by atoms with Gasteiger partial charge in [-0.15, -0.1) is 0 Å². The molecule has 1 saturated heterocycles. The van der Waals surface area contributed by atoms with Gasteiger partial charge < -0.3 is 15.9 Å². The lowest BCUT2D eigenvalue weighted by Gasteiger charge is -2.33. The summed E-state index contributed by atoms with van der Waals surface area (Å²) >= 11 is 0. The molecule has 2 rings (SSSR count). The van der Waals surface area contributed by atoms with Crippen LogP contribution in [-0.4, -0.2) is 19.4 Å². The first-order chi connectivity index (χ1) is 8.24. The van der Waals surface area contributed by atoms with E-state index >= 15 is 0 Å². The molecule has 3 nitrogen and oxygen atoms in total.